The molecule has 2 N–H and O–H groups in total. The zero-order valence-corrected chi connectivity index (χ0v) is 13.2. The van der Waals surface area contributed by atoms with Gasteiger partial charge < -0.3 is 15.3 Å². The maximum Gasteiger partial charge on any atom is 0.253 e. The summed E-state index contributed by atoms with van der Waals surface area (Å²) in [6, 6.07) is 4.83. The molecule has 1 amide bonds. The molecule has 1 fully saturated rings. The number of nitrogens with zero attached hydrogens (tertiary/aromatic N) is 1. The van der Waals surface area contributed by atoms with Crippen molar-refractivity contribution in [2.24, 2.45) is 0 Å². The van der Waals surface area contributed by atoms with E-state index in [0.717, 1.165) is 11.3 Å². The zero-order valence-electron chi connectivity index (χ0n) is 12.4. The molecule has 1 aliphatic rings. The first-order valence-electron chi connectivity index (χ1n) is 6.91. The van der Waals surface area contributed by atoms with Gasteiger partial charge in [0.25, 0.3) is 5.91 Å². The van der Waals surface area contributed by atoms with Crippen molar-refractivity contribution in [2.45, 2.75) is 25.1 Å². The minimum absolute atomic E-state index is 0.246. The van der Waals surface area contributed by atoms with Crippen LogP contribution in [0.25, 0.3) is 0 Å². The van der Waals surface area contributed by atoms with Crippen molar-refractivity contribution < 1.29 is 14.3 Å². The maximum atomic E-state index is 13.7. The van der Waals surface area contributed by atoms with E-state index >= 15 is 0 Å². The Morgan fingerprint density at radius 3 is 2.90 bits per heavy atom. The van der Waals surface area contributed by atoms with E-state index in [-0.39, 0.29) is 11.7 Å². The van der Waals surface area contributed by atoms with Crippen molar-refractivity contribution in [3.05, 3.63) is 35.1 Å². The number of hydrogen-bond acceptors (Lipinski definition) is 4. The molecule has 0 bridgehead atoms. The van der Waals surface area contributed by atoms with Crippen molar-refractivity contribution in [3.8, 4) is 0 Å². The number of carbonyl (C=O) groups excluding carboxylic acids is 1. The average Bonchev–Trinajstić information content (AvgIpc) is 2.87. The summed E-state index contributed by atoms with van der Waals surface area (Å²) in [7, 11) is 3.75. The van der Waals surface area contributed by atoms with E-state index in [1.807, 2.05) is 19.0 Å². The molecule has 0 aromatic heterocycles. The van der Waals surface area contributed by atoms with E-state index in [4.69, 9.17) is 0 Å². The summed E-state index contributed by atoms with van der Waals surface area (Å²) in [5.41, 5.74) is 0.176. The number of rotatable bonds is 5. The Morgan fingerprint density at radius 2 is 2.29 bits per heavy atom. The summed E-state index contributed by atoms with van der Waals surface area (Å²) in [6.45, 7) is 0.806. The number of thioether (sulfide) groups is 1. The van der Waals surface area contributed by atoms with Gasteiger partial charge in [0, 0.05) is 24.4 Å². The highest BCUT2D eigenvalue weighted by Crippen LogP contribution is 2.27. The van der Waals surface area contributed by atoms with E-state index in [9.17, 15) is 14.3 Å². The highest BCUT2D eigenvalue weighted by atomic mass is 32.2. The van der Waals surface area contributed by atoms with Crippen molar-refractivity contribution in [1.82, 2.24) is 10.2 Å². The quantitative estimate of drug-likeness (QED) is 0.862. The number of carbonyl (C=O) groups is 1. The summed E-state index contributed by atoms with van der Waals surface area (Å²) in [4.78, 5) is 13.9. The summed E-state index contributed by atoms with van der Waals surface area (Å²) in [5.74, 6) is 0.650. The van der Waals surface area contributed by atoms with Gasteiger partial charge in [0.05, 0.1) is 0 Å². The topological polar surface area (TPSA) is 52.6 Å². The highest BCUT2D eigenvalue weighted by Gasteiger charge is 2.39. The lowest BCUT2D eigenvalue weighted by atomic mass is 10.0. The number of benzene rings is 1. The highest BCUT2D eigenvalue weighted by molar-refractivity contribution is 7.99. The molecule has 0 aliphatic carbocycles. The molecule has 6 heteroatoms. The molecule has 1 aliphatic heterocycles. The van der Waals surface area contributed by atoms with Gasteiger partial charge in [-0.2, -0.15) is 11.8 Å². The smallest absolute Gasteiger partial charge is 0.253 e. The van der Waals surface area contributed by atoms with Crippen molar-refractivity contribution in [1.29, 1.82) is 0 Å². The van der Waals surface area contributed by atoms with Crippen LogP contribution in [0.15, 0.2) is 18.2 Å². The van der Waals surface area contributed by atoms with Crippen LogP contribution in [0, 0.1) is 5.82 Å². The second kappa shape index (κ2) is 6.77. The molecule has 2 rings (SSSR count). The Bertz CT molecular complexity index is 516. The minimum Gasteiger partial charge on any atom is -0.379 e. The lowest BCUT2D eigenvalue weighted by molar-refractivity contribution is -0.137. The van der Waals surface area contributed by atoms with E-state index in [1.54, 1.807) is 23.9 Å². The van der Waals surface area contributed by atoms with Gasteiger partial charge in [-0.1, -0.05) is 6.07 Å². The Labute approximate surface area is 128 Å². The Kier molecular flexibility index (Phi) is 5.24. The number of hydrogen-bond donors (Lipinski definition) is 2. The number of amides is 1. The molecular weight excluding hydrogens is 291 g/mol. The second-order valence-corrected chi connectivity index (χ2v) is 6.79. The van der Waals surface area contributed by atoms with Gasteiger partial charge in [-0.3, -0.25) is 4.79 Å². The number of aliphatic hydroxyl groups is 1. The monoisotopic (exact) mass is 312 g/mol. The Morgan fingerprint density at radius 1 is 1.52 bits per heavy atom. The summed E-state index contributed by atoms with van der Waals surface area (Å²) in [6.07, 6.45) is 0.485. The first-order valence-corrected chi connectivity index (χ1v) is 8.07. The fourth-order valence-corrected chi connectivity index (χ4v) is 3.52. The molecule has 1 aromatic rings. The fraction of sp³-hybridized carbons (Fsp3) is 0.533. The summed E-state index contributed by atoms with van der Waals surface area (Å²) < 4.78 is 13.7. The second-order valence-electron chi connectivity index (χ2n) is 5.68. The van der Waals surface area contributed by atoms with Crippen LogP contribution in [0.2, 0.25) is 0 Å². The normalized spacial score (nSPS) is 21.8. The molecule has 116 valence electrons. The zero-order chi connectivity index (χ0) is 15.5. The largest absolute Gasteiger partial charge is 0.379 e. The van der Waals surface area contributed by atoms with Crippen LogP contribution < -0.4 is 5.32 Å². The molecule has 0 saturated carbocycles. The standard InChI is InChI=1S/C15H21FN2O2S/c1-18(2)9-12-7-11(3-4-13(12)16)8-17-14(19)15(20)5-6-21-10-15/h3-4,7,20H,5-6,8-10H2,1-2H3,(H,17,19). The van der Waals surface area contributed by atoms with Gasteiger partial charge >= 0.3 is 0 Å². The third kappa shape index (κ3) is 4.18. The van der Waals surface area contributed by atoms with Crippen molar-refractivity contribution in [3.63, 3.8) is 0 Å². The van der Waals surface area contributed by atoms with Gasteiger partial charge in [-0.15, -0.1) is 0 Å². The molecule has 1 unspecified atom stereocenters. The summed E-state index contributed by atoms with van der Waals surface area (Å²) in [5, 5.41) is 12.9. The van der Waals surface area contributed by atoms with Crippen LogP contribution in [0.1, 0.15) is 17.5 Å². The predicted molar refractivity (Wildman–Crippen MR) is 82.5 cm³/mol. The maximum absolute atomic E-state index is 13.7. The SMILES string of the molecule is CN(C)Cc1cc(CNC(=O)C2(O)CCSC2)ccc1F. The molecular formula is C15H21FN2O2S. The van der Waals surface area contributed by atoms with Crippen LogP contribution in [-0.2, 0) is 17.9 Å². The number of halogens is 1. The van der Waals surface area contributed by atoms with E-state index in [2.05, 4.69) is 5.32 Å². The molecule has 1 atom stereocenters. The fourth-order valence-electron chi connectivity index (χ4n) is 2.28. The Hall–Kier alpha value is -1.11. The minimum atomic E-state index is -1.25. The van der Waals surface area contributed by atoms with E-state index < -0.39 is 5.60 Å². The number of nitrogens with one attached hydrogen (secondary N) is 1. The van der Waals surface area contributed by atoms with Gasteiger partial charge in [0.2, 0.25) is 0 Å². The van der Waals surface area contributed by atoms with Crippen molar-refractivity contribution >= 4 is 17.7 Å². The van der Waals surface area contributed by atoms with Crippen LogP contribution in [0.4, 0.5) is 4.39 Å². The van der Waals surface area contributed by atoms with E-state index in [1.165, 1.54) is 6.07 Å². The van der Waals surface area contributed by atoms with E-state index in [0.29, 0.717) is 30.8 Å². The lowest BCUT2D eigenvalue weighted by Crippen LogP contribution is -2.46. The predicted octanol–water partition coefficient (Wildman–Crippen LogP) is 1.37. The molecule has 4 nitrogen and oxygen atoms in total. The lowest BCUT2D eigenvalue weighted by Gasteiger charge is -2.20. The first-order chi connectivity index (χ1) is 9.90. The summed E-state index contributed by atoms with van der Waals surface area (Å²) >= 11 is 1.58. The van der Waals surface area contributed by atoms with Gasteiger partial charge in [-0.25, -0.2) is 4.39 Å². The molecule has 0 spiro atoms. The molecule has 1 saturated heterocycles. The third-order valence-electron chi connectivity index (χ3n) is 3.47. The first kappa shape index (κ1) is 16.3. The Balaban J connectivity index is 1.98. The average molecular weight is 312 g/mol. The van der Waals surface area contributed by atoms with Crippen LogP contribution in [0.3, 0.4) is 0 Å². The van der Waals surface area contributed by atoms with Gasteiger partial charge in [-0.05, 0) is 44.0 Å². The van der Waals surface area contributed by atoms with Crippen molar-refractivity contribution in [2.75, 3.05) is 25.6 Å². The molecule has 1 aromatic carbocycles. The van der Waals surface area contributed by atoms with Gasteiger partial charge in [0.15, 0.2) is 5.60 Å². The molecule has 0 radical (unpaired) electrons. The molecule has 21 heavy (non-hydrogen) atoms. The van der Waals surface area contributed by atoms with Gasteiger partial charge in [0.1, 0.15) is 5.82 Å². The third-order valence-corrected chi connectivity index (χ3v) is 4.65. The van der Waals surface area contributed by atoms with Crippen LogP contribution >= 0.6 is 11.8 Å². The van der Waals surface area contributed by atoms with Crippen LogP contribution in [-0.4, -0.2) is 47.1 Å². The van der Waals surface area contributed by atoms with Crippen LogP contribution in [0.5, 0.6) is 0 Å². The molecule has 1 heterocycles.